The minimum absolute atomic E-state index is 0.0230. The Bertz CT molecular complexity index is 790. The van der Waals surface area contributed by atoms with E-state index in [1.807, 2.05) is 0 Å². The number of fused-ring (bicyclic) bond motifs is 1. The molecule has 3 rings (SSSR count). The van der Waals surface area contributed by atoms with E-state index < -0.39 is 11.4 Å². The molecular formula is C12H9FN4O. The van der Waals surface area contributed by atoms with Crippen molar-refractivity contribution in [3.05, 3.63) is 46.8 Å². The Morgan fingerprint density at radius 2 is 2.22 bits per heavy atom. The molecule has 0 radical (unpaired) electrons. The van der Waals surface area contributed by atoms with Crippen molar-refractivity contribution in [2.24, 2.45) is 7.05 Å². The number of aromatic amines is 1. The third-order valence-electron chi connectivity index (χ3n) is 2.66. The van der Waals surface area contributed by atoms with E-state index in [1.165, 1.54) is 12.1 Å². The molecule has 18 heavy (non-hydrogen) atoms. The topological polar surface area (TPSA) is 63.6 Å². The van der Waals surface area contributed by atoms with Crippen LogP contribution in [0.3, 0.4) is 0 Å². The van der Waals surface area contributed by atoms with Gasteiger partial charge in [-0.1, -0.05) is 6.07 Å². The average molecular weight is 244 g/mol. The van der Waals surface area contributed by atoms with Crippen molar-refractivity contribution >= 4 is 10.9 Å². The van der Waals surface area contributed by atoms with E-state index >= 15 is 0 Å². The lowest BCUT2D eigenvalue weighted by molar-refractivity contribution is 0.638. The number of H-pyrrole nitrogens is 1. The predicted octanol–water partition coefficient (Wildman–Crippen LogP) is 1.46. The quantitative estimate of drug-likeness (QED) is 0.704. The zero-order valence-corrected chi connectivity index (χ0v) is 9.51. The number of rotatable bonds is 1. The molecule has 1 aromatic carbocycles. The number of nitrogens with zero attached hydrogens (tertiary/aromatic N) is 3. The van der Waals surface area contributed by atoms with Crippen LogP contribution in [0.2, 0.25) is 0 Å². The number of aromatic nitrogens is 4. The fraction of sp³-hybridized carbons (Fsp3) is 0.0833. The van der Waals surface area contributed by atoms with Gasteiger partial charge in [-0.05, 0) is 12.1 Å². The van der Waals surface area contributed by atoms with Crippen molar-refractivity contribution in [2.75, 3.05) is 0 Å². The molecule has 0 aliphatic rings. The molecule has 0 amide bonds. The first-order valence-corrected chi connectivity index (χ1v) is 5.33. The fourth-order valence-electron chi connectivity index (χ4n) is 1.83. The Morgan fingerprint density at radius 3 is 2.94 bits per heavy atom. The molecule has 90 valence electrons. The Hall–Kier alpha value is -2.50. The van der Waals surface area contributed by atoms with Gasteiger partial charge >= 0.3 is 0 Å². The maximum Gasteiger partial charge on any atom is 0.262 e. The Labute approximate surface area is 101 Å². The molecule has 6 heteroatoms. The molecule has 0 fully saturated rings. The van der Waals surface area contributed by atoms with Gasteiger partial charge in [0.05, 0.1) is 17.3 Å². The molecule has 3 aromatic rings. The minimum atomic E-state index is -0.570. The van der Waals surface area contributed by atoms with Gasteiger partial charge < -0.3 is 4.98 Å². The highest BCUT2D eigenvalue weighted by Crippen LogP contribution is 2.16. The first-order chi connectivity index (χ1) is 8.65. The van der Waals surface area contributed by atoms with Gasteiger partial charge in [0.1, 0.15) is 17.0 Å². The van der Waals surface area contributed by atoms with E-state index in [4.69, 9.17) is 0 Å². The SMILES string of the molecule is Cn1cc(-c2nc3cccc(F)c3c(=O)[nH]2)cn1. The summed E-state index contributed by atoms with van der Waals surface area (Å²) < 4.78 is 15.1. The third kappa shape index (κ3) is 1.58. The van der Waals surface area contributed by atoms with E-state index in [2.05, 4.69) is 15.1 Å². The van der Waals surface area contributed by atoms with Crippen molar-refractivity contribution in [1.29, 1.82) is 0 Å². The highest BCUT2D eigenvalue weighted by molar-refractivity contribution is 5.79. The van der Waals surface area contributed by atoms with Crippen LogP contribution in [-0.4, -0.2) is 19.7 Å². The Kier molecular flexibility index (Phi) is 2.22. The molecule has 0 spiro atoms. The van der Waals surface area contributed by atoms with Crippen LogP contribution >= 0.6 is 0 Å². The van der Waals surface area contributed by atoms with Crippen LogP contribution in [0.15, 0.2) is 35.4 Å². The summed E-state index contributed by atoms with van der Waals surface area (Å²) in [5.41, 5.74) is 0.523. The van der Waals surface area contributed by atoms with Crippen molar-refractivity contribution in [3.8, 4) is 11.4 Å². The Morgan fingerprint density at radius 1 is 1.39 bits per heavy atom. The second-order valence-corrected chi connectivity index (χ2v) is 3.95. The molecule has 0 aliphatic carbocycles. The van der Waals surface area contributed by atoms with Crippen molar-refractivity contribution in [3.63, 3.8) is 0 Å². The van der Waals surface area contributed by atoms with Crippen LogP contribution < -0.4 is 5.56 Å². The molecule has 5 nitrogen and oxygen atoms in total. The number of nitrogens with one attached hydrogen (secondary N) is 1. The minimum Gasteiger partial charge on any atom is -0.306 e. The smallest absolute Gasteiger partial charge is 0.262 e. The van der Waals surface area contributed by atoms with Crippen LogP contribution in [0, 0.1) is 5.82 Å². The molecule has 0 saturated carbocycles. The fourth-order valence-corrected chi connectivity index (χ4v) is 1.83. The highest BCUT2D eigenvalue weighted by atomic mass is 19.1. The maximum atomic E-state index is 13.5. The standard InChI is InChI=1S/C12H9FN4O/c1-17-6-7(5-14-17)11-15-9-4-2-3-8(13)10(9)12(18)16-11/h2-6H,1H3,(H,15,16,18). The highest BCUT2D eigenvalue weighted by Gasteiger charge is 2.10. The van der Waals surface area contributed by atoms with Gasteiger partial charge in [0.15, 0.2) is 0 Å². The average Bonchev–Trinajstić information content (AvgIpc) is 2.75. The van der Waals surface area contributed by atoms with Gasteiger partial charge in [-0.15, -0.1) is 0 Å². The third-order valence-corrected chi connectivity index (χ3v) is 2.66. The first-order valence-electron chi connectivity index (χ1n) is 5.33. The van der Waals surface area contributed by atoms with Crippen molar-refractivity contribution in [2.45, 2.75) is 0 Å². The predicted molar refractivity (Wildman–Crippen MR) is 64.5 cm³/mol. The van der Waals surface area contributed by atoms with Crippen LogP contribution in [0.1, 0.15) is 0 Å². The molecule has 0 bridgehead atoms. The monoisotopic (exact) mass is 244 g/mol. The summed E-state index contributed by atoms with van der Waals surface area (Å²) >= 11 is 0. The largest absolute Gasteiger partial charge is 0.306 e. The molecule has 2 heterocycles. The van der Waals surface area contributed by atoms with E-state index in [9.17, 15) is 9.18 Å². The van der Waals surface area contributed by atoms with Crippen molar-refractivity contribution in [1.82, 2.24) is 19.7 Å². The summed E-state index contributed by atoms with van der Waals surface area (Å²) in [6.45, 7) is 0. The summed E-state index contributed by atoms with van der Waals surface area (Å²) in [4.78, 5) is 18.6. The molecule has 2 aromatic heterocycles. The van der Waals surface area contributed by atoms with Gasteiger partial charge in [0.2, 0.25) is 0 Å². The van der Waals surface area contributed by atoms with Gasteiger partial charge in [-0.2, -0.15) is 5.10 Å². The molecule has 1 N–H and O–H groups in total. The molecule has 0 saturated heterocycles. The van der Waals surface area contributed by atoms with Gasteiger partial charge in [0.25, 0.3) is 5.56 Å². The second kappa shape index (κ2) is 3.76. The number of benzene rings is 1. The molecule has 0 aliphatic heterocycles. The first kappa shape index (κ1) is 10.6. The lowest BCUT2D eigenvalue weighted by Gasteiger charge is -2.01. The van der Waals surface area contributed by atoms with Crippen LogP contribution in [0.4, 0.5) is 4.39 Å². The van der Waals surface area contributed by atoms with Gasteiger partial charge in [0, 0.05) is 13.2 Å². The van der Waals surface area contributed by atoms with Gasteiger partial charge in [-0.3, -0.25) is 9.48 Å². The second-order valence-electron chi connectivity index (χ2n) is 3.95. The maximum absolute atomic E-state index is 13.5. The van der Waals surface area contributed by atoms with Crippen molar-refractivity contribution < 1.29 is 4.39 Å². The summed E-state index contributed by atoms with van der Waals surface area (Å²) in [5.74, 6) is -0.190. The zero-order valence-electron chi connectivity index (χ0n) is 9.51. The zero-order chi connectivity index (χ0) is 12.7. The molecular weight excluding hydrogens is 235 g/mol. The number of hydrogen-bond donors (Lipinski definition) is 1. The summed E-state index contributed by atoms with van der Waals surface area (Å²) in [7, 11) is 1.77. The van der Waals surface area contributed by atoms with Gasteiger partial charge in [-0.25, -0.2) is 9.37 Å². The number of halogens is 1. The summed E-state index contributed by atoms with van der Waals surface area (Å²) in [6, 6.07) is 4.37. The Balaban J connectivity index is 2.31. The van der Waals surface area contributed by atoms with E-state index in [-0.39, 0.29) is 5.39 Å². The lowest BCUT2D eigenvalue weighted by atomic mass is 10.2. The number of hydrogen-bond acceptors (Lipinski definition) is 3. The van der Waals surface area contributed by atoms with E-state index in [1.54, 1.807) is 30.2 Å². The van der Waals surface area contributed by atoms with Crippen LogP contribution in [-0.2, 0) is 7.05 Å². The van der Waals surface area contributed by atoms with Crippen LogP contribution in [0.5, 0.6) is 0 Å². The number of aryl methyl sites for hydroxylation is 1. The molecule has 0 unspecified atom stereocenters. The van der Waals surface area contributed by atoms with E-state index in [0.29, 0.717) is 16.9 Å². The van der Waals surface area contributed by atoms with Crippen LogP contribution in [0.25, 0.3) is 22.3 Å². The summed E-state index contributed by atoms with van der Waals surface area (Å²) in [6.07, 6.45) is 3.31. The lowest BCUT2D eigenvalue weighted by Crippen LogP contribution is -2.10. The van der Waals surface area contributed by atoms with E-state index in [0.717, 1.165) is 0 Å². The molecule has 0 atom stereocenters. The normalized spacial score (nSPS) is 11.0. The summed E-state index contributed by atoms with van der Waals surface area (Å²) in [5, 5.41) is 3.98.